The molecule has 136 valence electrons. The van der Waals surface area contributed by atoms with E-state index in [1.807, 2.05) is 0 Å². The van der Waals surface area contributed by atoms with E-state index in [4.69, 9.17) is 27.9 Å². The maximum absolute atomic E-state index is 12.8. The molecule has 2 aromatic rings. The van der Waals surface area contributed by atoms with Crippen LogP contribution in [0.25, 0.3) is 0 Å². The van der Waals surface area contributed by atoms with Gasteiger partial charge >= 0.3 is 6.03 Å². The van der Waals surface area contributed by atoms with Crippen molar-refractivity contribution in [2.45, 2.75) is 18.9 Å². The summed E-state index contributed by atoms with van der Waals surface area (Å²) in [5.74, 6) is 0.279. The second-order valence-corrected chi connectivity index (χ2v) is 6.81. The van der Waals surface area contributed by atoms with Crippen LogP contribution in [-0.2, 0) is 10.3 Å². The smallest absolute Gasteiger partial charge is 0.325 e. The van der Waals surface area contributed by atoms with E-state index in [1.54, 1.807) is 43.3 Å². The molecule has 1 aromatic carbocycles. The Hall–Kier alpha value is -2.31. The maximum atomic E-state index is 12.8. The van der Waals surface area contributed by atoms with E-state index in [0.29, 0.717) is 29.4 Å². The fourth-order valence-corrected chi connectivity index (χ4v) is 3.30. The van der Waals surface area contributed by atoms with Crippen molar-refractivity contribution in [1.29, 1.82) is 0 Å². The number of amides is 3. The van der Waals surface area contributed by atoms with Gasteiger partial charge in [0.25, 0.3) is 5.91 Å². The molecule has 0 radical (unpaired) electrons. The van der Waals surface area contributed by atoms with E-state index in [9.17, 15) is 9.59 Å². The van der Waals surface area contributed by atoms with Crippen LogP contribution in [0.1, 0.15) is 18.9 Å². The number of benzene rings is 1. The number of nitrogens with zero attached hydrogens (tertiary/aromatic N) is 2. The zero-order valence-corrected chi connectivity index (χ0v) is 15.5. The fourth-order valence-electron chi connectivity index (χ4n) is 2.81. The van der Waals surface area contributed by atoms with Gasteiger partial charge in [-0.15, -0.1) is 0 Å². The third kappa shape index (κ3) is 3.61. The minimum atomic E-state index is -1.23. The minimum absolute atomic E-state index is 0.190. The average molecular weight is 394 g/mol. The highest BCUT2D eigenvalue weighted by Gasteiger charge is 2.49. The number of carbonyl (C=O) groups excluding carboxylic acids is 2. The van der Waals surface area contributed by atoms with Crippen LogP contribution >= 0.6 is 23.2 Å². The van der Waals surface area contributed by atoms with E-state index >= 15 is 0 Å². The summed E-state index contributed by atoms with van der Waals surface area (Å²) in [5, 5.41) is 3.48. The van der Waals surface area contributed by atoms with Crippen LogP contribution in [0.5, 0.6) is 5.75 Å². The van der Waals surface area contributed by atoms with Gasteiger partial charge < -0.3 is 10.1 Å². The molecule has 3 rings (SSSR count). The third-order valence-electron chi connectivity index (χ3n) is 4.16. The van der Waals surface area contributed by atoms with Gasteiger partial charge in [0, 0.05) is 23.3 Å². The summed E-state index contributed by atoms with van der Waals surface area (Å²) < 4.78 is 5.59. The monoisotopic (exact) mass is 393 g/mol. The van der Waals surface area contributed by atoms with Crippen molar-refractivity contribution < 1.29 is 14.3 Å². The largest absolute Gasteiger partial charge is 0.493 e. The summed E-state index contributed by atoms with van der Waals surface area (Å²) in [7, 11) is 0. The first-order valence-corrected chi connectivity index (χ1v) is 8.81. The summed E-state index contributed by atoms with van der Waals surface area (Å²) >= 11 is 12.0. The van der Waals surface area contributed by atoms with Crippen LogP contribution in [0.15, 0.2) is 42.6 Å². The number of imide groups is 1. The molecule has 0 bridgehead atoms. The molecule has 3 amide bonds. The predicted molar refractivity (Wildman–Crippen MR) is 98.4 cm³/mol. The molecule has 2 heterocycles. The van der Waals surface area contributed by atoms with E-state index in [1.165, 1.54) is 11.1 Å². The SMILES string of the molecule is C[C@@]1(c2cccnc2Cl)NC(=O)N(CCCOc2cccc(Cl)c2)C1=O. The third-order valence-corrected chi connectivity index (χ3v) is 4.70. The Kier molecular flexibility index (Phi) is 5.34. The number of halogens is 2. The molecule has 0 unspecified atom stereocenters. The zero-order valence-electron chi connectivity index (χ0n) is 14.0. The maximum Gasteiger partial charge on any atom is 0.325 e. The van der Waals surface area contributed by atoms with Gasteiger partial charge in [0.2, 0.25) is 0 Å². The van der Waals surface area contributed by atoms with Crippen molar-refractivity contribution in [2.75, 3.05) is 13.2 Å². The quantitative estimate of drug-likeness (QED) is 0.462. The highest BCUT2D eigenvalue weighted by Crippen LogP contribution is 2.32. The molecule has 26 heavy (non-hydrogen) atoms. The van der Waals surface area contributed by atoms with Crippen molar-refractivity contribution in [3.8, 4) is 5.75 Å². The normalized spacial score (nSPS) is 19.6. The second kappa shape index (κ2) is 7.51. The van der Waals surface area contributed by atoms with Crippen LogP contribution < -0.4 is 10.1 Å². The van der Waals surface area contributed by atoms with Crippen molar-refractivity contribution in [3.63, 3.8) is 0 Å². The number of nitrogens with one attached hydrogen (secondary N) is 1. The number of pyridine rings is 1. The predicted octanol–water partition coefficient (Wildman–Crippen LogP) is 3.62. The molecule has 1 N–H and O–H groups in total. The van der Waals surface area contributed by atoms with Gasteiger partial charge in [-0.3, -0.25) is 9.69 Å². The number of rotatable bonds is 6. The molecule has 8 heteroatoms. The molecule has 1 aliphatic rings. The second-order valence-electron chi connectivity index (χ2n) is 6.01. The lowest BCUT2D eigenvalue weighted by Gasteiger charge is -2.22. The summed E-state index contributed by atoms with van der Waals surface area (Å²) in [5.41, 5.74) is -0.756. The fraction of sp³-hybridized carbons (Fsp3) is 0.278. The van der Waals surface area contributed by atoms with Crippen molar-refractivity contribution in [2.24, 2.45) is 0 Å². The summed E-state index contributed by atoms with van der Waals surface area (Å²) in [6.07, 6.45) is 2.02. The average Bonchev–Trinajstić information content (AvgIpc) is 2.82. The van der Waals surface area contributed by atoms with Gasteiger partial charge in [0.15, 0.2) is 0 Å². The molecule has 1 aliphatic heterocycles. The Morgan fingerprint density at radius 2 is 2.04 bits per heavy atom. The molecule has 1 aromatic heterocycles. The van der Waals surface area contributed by atoms with Crippen LogP contribution in [0.2, 0.25) is 10.2 Å². The van der Waals surface area contributed by atoms with Gasteiger partial charge in [-0.1, -0.05) is 35.3 Å². The zero-order chi connectivity index (χ0) is 18.7. The van der Waals surface area contributed by atoms with Crippen molar-refractivity contribution in [1.82, 2.24) is 15.2 Å². The molecule has 1 fully saturated rings. The number of aromatic nitrogens is 1. The van der Waals surface area contributed by atoms with Crippen LogP contribution in [0, 0.1) is 0 Å². The first-order chi connectivity index (χ1) is 12.4. The van der Waals surface area contributed by atoms with Crippen LogP contribution in [0.3, 0.4) is 0 Å². The van der Waals surface area contributed by atoms with E-state index in [0.717, 1.165) is 0 Å². The molecular formula is C18H17Cl2N3O3. The van der Waals surface area contributed by atoms with Crippen LogP contribution in [-0.4, -0.2) is 35.0 Å². The molecule has 0 saturated carbocycles. The highest BCUT2D eigenvalue weighted by molar-refractivity contribution is 6.31. The van der Waals surface area contributed by atoms with Gasteiger partial charge in [-0.25, -0.2) is 9.78 Å². The summed E-state index contributed by atoms with van der Waals surface area (Å²) in [6.45, 7) is 2.21. The summed E-state index contributed by atoms with van der Waals surface area (Å²) in [4.78, 5) is 30.2. The minimum Gasteiger partial charge on any atom is -0.493 e. The Balaban J connectivity index is 1.62. The van der Waals surface area contributed by atoms with Gasteiger partial charge in [0.1, 0.15) is 16.4 Å². The number of urea groups is 1. The molecule has 1 saturated heterocycles. The molecule has 0 spiro atoms. The molecule has 1 atom stereocenters. The van der Waals surface area contributed by atoms with Gasteiger partial charge in [-0.2, -0.15) is 0 Å². The number of carbonyl (C=O) groups is 2. The Morgan fingerprint density at radius 3 is 2.77 bits per heavy atom. The Labute approximate surface area is 161 Å². The highest BCUT2D eigenvalue weighted by atomic mass is 35.5. The Morgan fingerprint density at radius 1 is 1.23 bits per heavy atom. The van der Waals surface area contributed by atoms with E-state index < -0.39 is 11.6 Å². The van der Waals surface area contributed by atoms with Crippen molar-refractivity contribution in [3.05, 3.63) is 58.3 Å². The van der Waals surface area contributed by atoms with Gasteiger partial charge in [-0.05, 0) is 37.6 Å². The molecular weight excluding hydrogens is 377 g/mol. The topological polar surface area (TPSA) is 71.5 Å². The number of ether oxygens (including phenoxy) is 1. The lowest BCUT2D eigenvalue weighted by molar-refractivity contribution is -0.131. The summed E-state index contributed by atoms with van der Waals surface area (Å²) in [6, 6.07) is 9.94. The number of hydrogen-bond donors (Lipinski definition) is 1. The number of hydrogen-bond acceptors (Lipinski definition) is 4. The lowest BCUT2D eigenvalue weighted by Crippen LogP contribution is -2.41. The molecule has 0 aliphatic carbocycles. The van der Waals surface area contributed by atoms with E-state index in [2.05, 4.69) is 10.3 Å². The Bertz CT molecular complexity index is 846. The van der Waals surface area contributed by atoms with Crippen LogP contribution in [0.4, 0.5) is 4.79 Å². The van der Waals surface area contributed by atoms with Gasteiger partial charge in [0.05, 0.1) is 6.61 Å². The van der Waals surface area contributed by atoms with Crippen molar-refractivity contribution >= 4 is 35.1 Å². The first-order valence-electron chi connectivity index (χ1n) is 8.05. The molecule has 6 nitrogen and oxygen atoms in total. The lowest BCUT2D eigenvalue weighted by atomic mass is 9.93. The first kappa shape index (κ1) is 18.5. The standard InChI is InChI=1S/C18H17Cl2N3O3/c1-18(14-7-3-8-21-15(14)20)16(24)23(17(25)22-18)9-4-10-26-13-6-2-5-12(19)11-13/h2-3,5-8,11H,4,9-10H2,1H3,(H,22,25)/t18-/m0/s1. The van der Waals surface area contributed by atoms with E-state index in [-0.39, 0.29) is 17.6 Å².